The van der Waals surface area contributed by atoms with Crippen molar-refractivity contribution in [2.24, 2.45) is 0 Å². The fourth-order valence-electron chi connectivity index (χ4n) is 0.245. The zero-order valence-electron chi connectivity index (χ0n) is 5.77. The summed E-state index contributed by atoms with van der Waals surface area (Å²) >= 11 is 2.44. The van der Waals surface area contributed by atoms with Crippen molar-refractivity contribution in [2.45, 2.75) is 0 Å². The molecule has 0 fully saturated rings. The largest absolute Gasteiger partial charge is 0.525 e. The molecule has 0 aliphatic heterocycles. The molecule has 0 heterocycles. The first-order valence-electron chi connectivity index (χ1n) is 2.45. The normalized spacial score (nSPS) is 14.1. The van der Waals surface area contributed by atoms with Crippen molar-refractivity contribution < 1.29 is 37.8 Å². The molecule has 0 atom stereocenters. The number of rotatable bonds is 4. The standard InChI is InChI=1S/C2H5BrO8P2/c3-2(11-13(7,8)9)1-10-12(4,5)6/h1H,(H2,4,5,6)(H2,7,8,9)/b2-1+. The Kier molecular flexibility index (Phi) is 4.61. The highest BCUT2D eigenvalue weighted by molar-refractivity contribution is 9.11. The van der Waals surface area contributed by atoms with Crippen LogP contribution in [0.4, 0.5) is 0 Å². The fourth-order valence-corrected chi connectivity index (χ4v) is 1.55. The Morgan fingerprint density at radius 3 is 1.92 bits per heavy atom. The maximum Gasteiger partial charge on any atom is 0.525 e. The molecule has 78 valence electrons. The topological polar surface area (TPSA) is 134 Å². The predicted molar refractivity (Wildman–Crippen MR) is 43.3 cm³/mol. The third-order valence-corrected chi connectivity index (χ3v) is 1.90. The summed E-state index contributed by atoms with van der Waals surface area (Å²) < 4.78 is 27.1. The number of hydrogen-bond acceptors (Lipinski definition) is 4. The summed E-state index contributed by atoms with van der Waals surface area (Å²) in [7, 11) is -9.48. The van der Waals surface area contributed by atoms with Gasteiger partial charge in [-0.2, -0.15) is 0 Å². The van der Waals surface area contributed by atoms with Gasteiger partial charge in [0.25, 0.3) is 0 Å². The molecule has 0 radical (unpaired) electrons. The van der Waals surface area contributed by atoms with Crippen LogP contribution in [0.2, 0.25) is 0 Å². The Hall–Kier alpha value is 0.120. The van der Waals surface area contributed by atoms with E-state index >= 15 is 0 Å². The maximum atomic E-state index is 10.1. The highest BCUT2D eigenvalue weighted by Crippen LogP contribution is 2.42. The Balaban J connectivity index is 4.21. The molecule has 0 aliphatic carbocycles. The van der Waals surface area contributed by atoms with E-state index in [0.717, 1.165) is 0 Å². The highest BCUT2D eigenvalue weighted by atomic mass is 79.9. The molecule has 13 heavy (non-hydrogen) atoms. The van der Waals surface area contributed by atoms with Crippen LogP contribution >= 0.6 is 31.6 Å². The average molecular weight is 299 g/mol. The van der Waals surface area contributed by atoms with Crippen LogP contribution in [-0.4, -0.2) is 19.6 Å². The number of hydrogen-bond donors (Lipinski definition) is 4. The maximum absolute atomic E-state index is 10.1. The van der Waals surface area contributed by atoms with Gasteiger partial charge in [0.1, 0.15) is 6.26 Å². The zero-order chi connectivity index (χ0) is 10.7. The van der Waals surface area contributed by atoms with Gasteiger partial charge in [0, 0.05) is 0 Å². The molecule has 0 aromatic heterocycles. The smallest absolute Gasteiger partial charge is 0.408 e. The Labute approximate surface area is 80.8 Å². The first-order chi connectivity index (χ1) is 5.60. The molecule has 0 aromatic carbocycles. The van der Waals surface area contributed by atoms with Crippen LogP contribution in [0.25, 0.3) is 0 Å². The van der Waals surface area contributed by atoms with Crippen molar-refractivity contribution in [2.75, 3.05) is 0 Å². The van der Waals surface area contributed by atoms with Crippen LogP contribution < -0.4 is 0 Å². The van der Waals surface area contributed by atoms with E-state index < -0.39 is 20.3 Å². The summed E-state index contributed by atoms with van der Waals surface area (Å²) in [6, 6.07) is 0. The lowest BCUT2D eigenvalue weighted by Gasteiger charge is -2.05. The molecule has 0 bridgehead atoms. The van der Waals surface area contributed by atoms with E-state index in [1.54, 1.807) is 0 Å². The molecule has 4 N–H and O–H groups in total. The van der Waals surface area contributed by atoms with Crippen molar-refractivity contribution in [3.63, 3.8) is 0 Å². The van der Waals surface area contributed by atoms with Gasteiger partial charge in [-0.15, -0.1) is 0 Å². The molecule has 0 spiro atoms. The monoisotopic (exact) mass is 298 g/mol. The molecule has 11 heteroatoms. The lowest BCUT2D eigenvalue weighted by Crippen LogP contribution is -1.85. The molecule has 0 aromatic rings. The summed E-state index contributed by atoms with van der Waals surface area (Å²) in [4.78, 5) is 32.6. The van der Waals surface area contributed by atoms with Crippen molar-refractivity contribution >= 4 is 31.6 Å². The average Bonchev–Trinajstić information content (AvgIpc) is 1.78. The highest BCUT2D eigenvalue weighted by Gasteiger charge is 2.18. The summed E-state index contributed by atoms with van der Waals surface area (Å²) in [5.74, 6) is 0. The van der Waals surface area contributed by atoms with E-state index in [2.05, 4.69) is 25.0 Å². The van der Waals surface area contributed by atoms with Gasteiger partial charge in [-0.1, -0.05) is 0 Å². The summed E-state index contributed by atoms with van der Waals surface area (Å²) in [5, 5.41) is 0. The van der Waals surface area contributed by atoms with Crippen LogP contribution in [0.15, 0.2) is 10.9 Å². The van der Waals surface area contributed by atoms with E-state index in [-0.39, 0.29) is 0 Å². The van der Waals surface area contributed by atoms with Crippen LogP contribution in [0, 0.1) is 0 Å². The molecular weight excluding hydrogens is 294 g/mol. The van der Waals surface area contributed by atoms with Crippen molar-refractivity contribution in [1.29, 1.82) is 0 Å². The third kappa shape index (κ3) is 10.0. The van der Waals surface area contributed by atoms with Gasteiger partial charge in [0.15, 0.2) is 0 Å². The summed E-state index contributed by atoms with van der Waals surface area (Å²) in [6.45, 7) is 0. The van der Waals surface area contributed by atoms with E-state index in [1.807, 2.05) is 0 Å². The predicted octanol–water partition coefficient (Wildman–Crippen LogP) is 0.399. The minimum atomic E-state index is -4.75. The van der Waals surface area contributed by atoms with Crippen LogP contribution in [0.1, 0.15) is 0 Å². The summed E-state index contributed by atoms with van der Waals surface area (Å²) in [5.41, 5.74) is 0. The SMILES string of the molecule is O=P(O)(O)O/C=C(\Br)OP(=O)(O)O. The minimum absolute atomic E-state index is 0.333. The first kappa shape index (κ1) is 13.1. The first-order valence-corrected chi connectivity index (χ1v) is 6.30. The van der Waals surface area contributed by atoms with Gasteiger partial charge in [0.05, 0.1) is 0 Å². The van der Waals surface area contributed by atoms with E-state index in [9.17, 15) is 9.13 Å². The molecule has 0 saturated heterocycles. The van der Waals surface area contributed by atoms with Gasteiger partial charge >= 0.3 is 15.6 Å². The Morgan fingerprint density at radius 1 is 1.15 bits per heavy atom. The number of phosphoric ester groups is 2. The number of phosphoric acid groups is 2. The molecule has 0 unspecified atom stereocenters. The molecule has 0 amide bonds. The van der Waals surface area contributed by atoms with Crippen molar-refractivity contribution in [3.05, 3.63) is 10.9 Å². The lowest BCUT2D eigenvalue weighted by atomic mass is 11.1. The molecule has 0 saturated carbocycles. The molecule has 8 nitrogen and oxygen atoms in total. The number of halogens is 1. The van der Waals surface area contributed by atoms with Gasteiger partial charge in [-0.3, -0.25) is 19.6 Å². The van der Waals surface area contributed by atoms with Crippen LogP contribution in [0.3, 0.4) is 0 Å². The fraction of sp³-hybridized carbons (Fsp3) is 0. The van der Waals surface area contributed by atoms with E-state index in [0.29, 0.717) is 6.26 Å². The second-order valence-electron chi connectivity index (χ2n) is 1.60. The van der Waals surface area contributed by atoms with Crippen LogP contribution in [0.5, 0.6) is 0 Å². The van der Waals surface area contributed by atoms with Gasteiger partial charge in [0.2, 0.25) is 4.67 Å². The van der Waals surface area contributed by atoms with Crippen LogP contribution in [-0.2, 0) is 18.2 Å². The van der Waals surface area contributed by atoms with Gasteiger partial charge < -0.3 is 9.05 Å². The van der Waals surface area contributed by atoms with Crippen molar-refractivity contribution in [3.8, 4) is 0 Å². The van der Waals surface area contributed by atoms with E-state index in [1.165, 1.54) is 0 Å². The Bertz CT molecular complexity index is 285. The Morgan fingerprint density at radius 2 is 1.62 bits per heavy atom. The lowest BCUT2D eigenvalue weighted by molar-refractivity contribution is 0.233. The van der Waals surface area contributed by atoms with Gasteiger partial charge in [-0.25, -0.2) is 9.13 Å². The second kappa shape index (κ2) is 4.56. The van der Waals surface area contributed by atoms with E-state index in [4.69, 9.17) is 19.6 Å². The zero-order valence-corrected chi connectivity index (χ0v) is 9.15. The van der Waals surface area contributed by atoms with Gasteiger partial charge in [-0.05, 0) is 15.9 Å². The summed E-state index contributed by atoms with van der Waals surface area (Å²) in [6.07, 6.45) is 0.333. The molecule has 0 rings (SSSR count). The third-order valence-electron chi connectivity index (χ3n) is 0.489. The minimum Gasteiger partial charge on any atom is -0.408 e. The quantitative estimate of drug-likeness (QED) is 0.433. The molecular formula is C2H5BrO8P2. The van der Waals surface area contributed by atoms with Crippen molar-refractivity contribution in [1.82, 2.24) is 0 Å². The second-order valence-corrected chi connectivity index (χ2v) is 4.74. The molecule has 0 aliphatic rings.